The summed E-state index contributed by atoms with van der Waals surface area (Å²) < 4.78 is 12.7. The molecule has 0 aliphatic rings. The van der Waals surface area contributed by atoms with Crippen LogP contribution in [-0.2, 0) is 9.59 Å². The van der Waals surface area contributed by atoms with Crippen LogP contribution < -0.4 is 10.6 Å². The first-order valence-corrected chi connectivity index (χ1v) is 5.43. The van der Waals surface area contributed by atoms with Crippen LogP contribution >= 0.6 is 0 Å². The first-order chi connectivity index (χ1) is 9.15. The summed E-state index contributed by atoms with van der Waals surface area (Å²) in [5.74, 6) is -2.08. The fourth-order valence-corrected chi connectivity index (χ4v) is 1.35. The van der Waals surface area contributed by atoms with Gasteiger partial charge in [0.2, 0.25) is 0 Å². The van der Waals surface area contributed by atoms with Gasteiger partial charge in [-0.25, -0.2) is 4.39 Å². The van der Waals surface area contributed by atoms with Crippen LogP contribution in [0.15, 0.2) is 48.8 Å². The minimum Gasteiger partial charge on any atom is -0.318 e. The van der Waals surface area contributed by atoms with E-state index in [0.29, 0.717) is 11.4 Å². The summed E-state index contributed by atoms with van der Waals surface area (Å²) in [5.41, 5.74) is 0.759. The fourth-order valence-electron chi connectivity index (χ4n) is 1.35. The SMILES string of the molecule is O=C(Nc1ccc(F)cc1)C(=O)Nc1cccnc1. The van der Waals surface area contributed by atoms with Crippen molar-refractivity contribution in [1.29, 1.82) is 0 Å². The molecule has 1 aromatic carbocycles. The van der Waals surface area contributed by atoms with Crippen molar-refractivity contribution in [2.45, 2.75) is 0 Å². The van der Waals surface area contributed by atoms with E-state index in [2.05, 4.69) is 15.6 Å². The fraction of sp³-hybridized carbons (Fsp3) is 0. The second-order valence-electron chi connectivity index (χ2n) is 3.66. The predicted molar refractivity (Wildman–Crippen MR) is 67.9 cm³/mol. The van der Waals surface area contributed by atoms with Crippen LogP contribution in [0.3, 0.4) is 0 Å². The summed E-state index contributed by atoms with van der Waals surface area (Å²) in [4.78, 5) is 26.9. The summed E-state index contributed by atoms with van der Waals surface area (Å²) >= 11 is 0. The second kappa shape index (κ2) is 5.72. The van der Waals surface area contributed by atoms with Crippen LogP contribution in [0, 0.1) is 5.82 Å². The van der Waals surface area contributed by atoms with Crippen molar-refractivity contribution in [2.75, 3.05) is 10.6 Å². The van der Waals surface area contributed by atoms with Gasteiger partial charge in [-0.05, 0) is 36.4 Å². The lowest BCUT2D eigenvalue weighted by atomic mass is 10.3. The van der Waals surface area contributed by atoms with Crippen molar-refractivity contribution >= 4 is 23.2 Å². The van der Waals surface area contributed by atoms with Crippen LogP contribution in [0.1, 0.15) is 0 Å². The molecule has 2 N–H and O–H groups in total. The molecule has 0 spiro atoms. The molecule has 0 saturated heterocycles. The molecule has 0 aliphatic heterocycles. The number of carbonyl (C=O) groups is 2. The maximum absolute atomic E-state index is 12.7. The molecule has 19 heavy (non-hydrogen) atoms. The first kappa shape index (κ1) is 12.7. The Morgan fingerprint density at radius 3 is 2.16 bits per heavy atom. The smallest absolute Gasteiger partial charge is 0.314 e. The highest BCUT2D eigenvalue weighted by atomic mass is 19.1. The minimum atomic E-state index is -0.838. The molecular weight excluding hydrogens is 249 g/mol. The molecule has 2 aromatic rings. The van der Waals surface area contributed by atoms with E-state index >= 15 is 0 Å². The highest BCUT2D eigenvalue weighted by Gasteiger charge is 2.13. The van der Waals surface area contributed by atoms with Crippen LogP contribution in [0.2, 0.25) is 0 Å². The molecule has 2 amide bonds. The van der Waals surface area contributed by atoms with E-state index < -0.39 is 17.6 Å². The lowest BCUT2D eigenvalue weighted by Crippen LogP contribution is -2.29. The number of carbonyl (C=O) groups excluding carboxylic acids is 2. The molecule has 0 atom stereocenters. The molecule has 1 heterocycles. The Kier molecular flexibility index (Phi) is 3.82. The van der Waals surface area contributed by atoms with E-state index in [0.717, 1.165) is 0 Å². The number of anilines is 2. The van der Waals surface area contributed by atoms with E-state index in [4.69, 9.17) is 0 Å². The number of pyridine rings is 1. The van der Waals surface area contributed by atoms with Crippen LogP contribution in [-0.4, -0.2) is 16.8 Å². The van der Waals surface area contributed by atoms with E-state index in [1.54, 1.807) is 18.3 Å². The summed E-state index contributed by atoms with van der Waals surface area (Å²) in [7, 11) is 0. The number of amides is 2. The zero-order valence-corrected chi connectivity index (χ0v) is 9.76. The van der Waals surface area contributed by atoms with Crippen molar-refractivity contribution in [3.63, 3.8) is 0 Å². The molecular formula is C13H10FN3O2. The normalized spacial score (nSPS) is 9.74. The molecule has 0 aliphatic carbocycles. The van der Waals surface area contributed by atoms with Gasteiger partial charge in [0, 0.05) is 11.9 Å². The standard InChI is InChI=1S/C13H10FN3O2/c14-9-3-5-10(6-4-9)16-12(18)13(19)17-11-2-1-7-15-8-11/h1-8H,(H,16,18)(H,17,19). The Bertz CT molecular complexity index is 585. The van der Waals surface area contributed by atoms with Gasteiger partial charge in [0.15, 0.2) is 0 Å². The van der Waals surface area contributed by atoms with Crippen molar-refractivity contribution in [3.05, 3.63) is 54.6 Å². The summed E-state index contributed by atoms with van der Waals surface area (Å²) in [5, 5.41) is 4.74. The Morgan fingerprint density at radius 1 is 0.947 bits per heavy atom. The zero-order valence-electron chi connectivity index (χ0n) is 9.76. The molecule has 0 unspecified atom stereocenters. The van der Waals surface area contributed by atoms with E-state index in [9.17, 15) is 14.0 Å². The molecule has 2 rings (SSSR count). The number of hydrogen-bond acceptors (Lipinski definition) is 3. The monoisotopic (exact) mass is 259 g/mol. The summed E-state index contributed by atoms with van der Waals surface area (Å²) in [6.07, 6.45) is 2.97. The van der Waals surface area contributed by atoms with E-state index in [1.165, 1.54) is 30.5 Å². The number of benzene rings is 1. The molecule has 5 nitrogen and oxygen atoms in total. The Balaban J connectivity index is 1.96. The van der Waals surface area contributed by atoms with Gasteiger partial charge in [-0.15, -0.1) is 0 Å². The summed E-state index contributed by atoms with van der Waals surface area (Å²) in [6.45, 7) is 0. The third-order valence-electron chi connectivity index (χ3n) is 2.23. The van der Waals surface area contributed by atoms with Crippen molar-refractivity contribution in [1.82, 2.24) is 4.98 Å². The van der Waals surface area contributed by atoms with Gasteiger partial charge in [0.25, 0.3) is 0 Å². The average Bonchev–Trinajstić information content (AvgIpc) is 2.42. The van der Waals surface area contributed by atoms with Crippen molar-refractivity contribution in [3.8, 4) is 0 Å². The molecule has 0 bridgehead atoms. The quantitative estimate of drug-likeness (QED) is 0.808. The molecule has 6 heteroatoms. The maximum atomic E-state index is 12.7. The minimum absolute atomic E-state index is 0.340. The molecule has 1 aromatic heterocycles. The van der Waals surface area contributed by atoms with Gasteiger partial charge in [0.05, 0.1) is 11.9 Å². The third kappa shape index (κ3) is 3.60. The predicted octanol–water partition coefficient (Wildman–Crippen LogP) is 1.80. The highest BCUT2D eigenvalue weighted by Crippen LogP contribution is 2.08. The Morgan fingerprint density at radius 2 is 1.58 bits per heavy atom. The van der Waals surface area contributed by atoms with Gasteiger partial charge < -0.3 is 10.6 Å². The summed E-state index contributed by atoms with van der Waals surface area (Å²) in [6, 6.07) is 8.35. The molecule has 96 valence electrons. The van der Waals surface area contributed by atoms with Crippen molar-refractivity contribution in [2.24, 2.45) is 0 Å². The number of aromatic nitrogens is 1. The second-order valence-corrected chi connectivity index (χ2v) is 3.66. The zero-order chi connectivity index (χ0) is 13.7. The number of rotatable bonds is 2. The third-order valence-corrected chi connectivity index (χ3v) is 2.23. The van der Waals surface area contributed by atoms with Gasteiger partial charge in [0.1, 0.15) is 5.82 Å². The average molecular weight is 259 g/mol. The van der Waals surface area contributed by atoms with Gasteiger partial charge in [-0.3, -0.25) is 14.6 Å². The maximum Gasteiger partial charge on any atom is 0.314 e. The number of nitrogens with one attached hydrogen (secondary N) is 2. The van der Waals surface area contributed by atoms with Crippen LogP contribution in [0.25, 0.3) is 0 Å². The first-order valence-electron chi connectivity index (χ1n) is 5.43. The lowest BCUT2D eigenvalue weighted by molar-refractivity contribution is -0.133. The molecule has 0 saturated carbocycles. The number of halogens is 1. The Hall–Kier alpha value is -2.76. The topological polar surface area (TPSA) is 71.1 Å². The van der Waals surface area contributed by atoms with Crippen molar-refractivity contribution < 1.29 is 14.0 Å². The van der Waals surface area contributed by atoms with Gasteiger partial charge >= 0.3 is 11.8 Å². The highest BCUT2D eigenvalue weighted by molar-refractivity contribution is 6.43. The van der Waals surface area contributed by atoms with Crippen LogP contribution in [0.4, 0.5) is 15.8 Å². The van der Waals surface area contributed by atoms with Crippen LogP contribution in [0.5, 0.6) is 0 Å². The Labute approximate surface area is 108 Å². The largest absolute Gasteiger partial charge is 0.318 e. The van der Waals surface area contributed by atoms with E-state index in [1.807, 2.05) is 0 Å². The molecule has 0 radical (unpaired) electrons. The van der Waals surface area contributed by atoms with E-state index in [-0.39, 0.29) is 0 Å². The number of nitrogens with zero attached hydrogens (tertiary/aromatic N) is 1. The van der Waals surface area contributed by atoms with Gasteiger partial charge in [-0.2, -0.15) is 0 Å². The van der Waals surface area contributed by atoms with Gasteiger partial charge in [-0.1, -0.05) is 0 Å². The lowest BCUT2D eigenvalue weighted by Gasteiger charge is -2.05. The number of hydrogen-bond donors (Lipinski definition) is 2. The molecule has 0 fully saturated rings.